The molecule has 0 radical (unpaired) electrons. The molecule has 0 spiro atoms. The summed E-state index contributed by atoms with van der Waals surface area (Å²) in [5.41, 5.74) is 3.65. The van der Waals surface area contributed by atoms with Crippen molar-refractivity contribution in [3.8, 4) is 0 Å². The molecule has 0 atom stereocenters. The number of hydrogen-bond donors (Lipinski definition) is 1. The molecule has 2 rings (SSSR count). The van der Waals surface area contributed by atoms with Crippen LogP contribution in [0.2, 0.25) is 0 Å². The van der Waals surface area contributed by atoms with Gasteiger partial charge in [-0.25, -0.2) is 0 Å². The van der Waals surface area contributed by atoms with Crippen LogP contribution in [0.4, 0.5) is 0 Å². The molecule has 18 heavy (non-hydrogen) atoms. The molecular weight excluding hydrogens is 226 g/mol. The number of rotatable bonds is 6. The number of aromatic nitrogens is 4. The lowest BCUT2D eigenvalue weighted by molar-refractivity contribution is 0.315. The van der Waals surface area contributed by atoms with E-state index in [1.807, 2.05) is 23.1 Å². The lowest BCUT2D eigenvalue weighted by Crippen LogP contribution is -2.26. The largest absolute Gasteiger partial charge is 0.304 e. The zero-order chi connectivity index (χ0) is 13.0. The van der Waals surface area contributed by atoms with E-state index in [1.165, 1.54) is 11.3 Å². The smallest absolute Gasteiger partial charge is 0.0626 e. The molecule has 0 aliphatic carbocycles. The number of nitrogens with one attached hydrogen (secondary N) is 1. The lowest BCUT2D eigenvalue weighted by atomic mass is 10.1. The third-order valence-electron chi connectivity index (χ3n) is 3.29. The molecular formula is C13H21N5. The average Bonchev–Trinajstić information content (AvgIpc) is 2.96. The van der Waals surface area contributed by atoms with Gasteiger partial charge >= 0.3 is 0 Å². The second-order valence-electron chi connectivity index (χ2n) is 4.73. The van der Waals surface area contributed by atoms with Crippen LogP contribution in [-0.4, -0.2) is 45.0 Å². The van der Waals surface area contributed by atoms with E-state index in [0.717, 1.165) is 31.7 Å². The number of aryl methyl sites for hydroxylation is 2. The van der Waals surface area contributed by atoms with E-state index in [9.17, 15) is 0 Å². The highest BCUT2D eigenvalue weighted by Crippen LogP contribution is 2.10. The first-order chi connectivity index (χ1) is 8.66. The molecule has 5 nitrogen and oxygen atoms in total. The number of nitrogens with zero attached hydrogens (tertiary/aromatic N) is 4. The summed E-state index contributed by atoms with van der Waals surface area (Å²) < 4.78 is 1.96. The molecule has 0 bridgehead atoms. The third-order valence-corrected chi connectivity index (χ3v) is 3.29. The Kier molecular flexibility index (Phi) is 4.15. The Labute approximate surface area is 108 Å². The van der Waals surface area contributed by atoms with E-state index in [2.05, 4.69) is 41.1 Å². The summed E-state index contributed by atoms with van der Waals surface area (Å²) >= 11 is 0. The Bertz CT molecular complexity index is 452. The van der Waals surface area contributed by atoms with Crippen molar-refractivity contribution in [3.05, 3.63) is 35.4 Å². The van der Waals surface area contributed by atoms with Gasteiger partial charge in [-0.1, -0.05) is 0 Å². The fourth-order valence-electron chi connectivity index (χ4n) is 2.06. The quantitative estimate of drug-likeness (QED) is 0.839. The van der Waals surface area contributed by atoms with Gasteiger partial charge in [0.1, 0.15) is 0 Å². The summed E-state index contributed by atoms with van der Waals surface area (Å²) in [5.74, 6) is 0. The van der Waals surface area contributed by atoms with Gasteiger partial charge in [0.05, 0.1) is 12.2 Å². The molecule has 5 heteroatoms. The standard InChI is InChI=1S/C13H21N5/c1-11-13(12(2)16-15-11)5-8-17(3)9-10-18-7-4-6-14-18/h4,6-7H,5,8-10H2,1-3H3,(H,15,16). The van der Waals surface area contributed by atoms with Gasteiger partial charge in [0.2, 0.25) is 0 Å². The zero-order valence-corrected chi connectivity index (χ0v) is 11.3. The normalized spacial score (nSPS) is 11.3. The fourth-order valence-corrected chi connectivity index (χ4v) is 2.06. The van der Waals surface area contributed by atoms with E-state index in [0.29, 0.717) is 0 Å². The molecule has 0 fully saturated rings. The van der Waals surface area contributed by atoms with Gasteiger partial charge in [0.15, 0.2) is 0 Å². The van der Waals surface area contributed by atoms with Crippen LogP contribution in [0.3, 0.4) is 0 Å². The molecule has 0 amide bonds. The number of likely N-dealkylation sites (N-methyl/N-ethyl adjacent to an activating group) is 1. The Morgan fingerprint density at radius 2 is 2.17 bits per heavy atom. The van der Waals surface area contributed by atoms with E-state index in [4.69, 9.17) is 0 Å². The first-order valence-corrected chi connectivity index (χ1v) is 6.33. The van der Waals surface area contributed by atoms with E-state index in [-0.39, 0.29) is 0 Å². The molecule has 2 aromatic heterocycles. The zero-order valence-electron chi connectivity index (χ0n) is 11.3. The van der Waals surface area contributed by atoms with Crippen LogP contribution in [0.5, 0.6) is 0 Å². The summed E-state index contributed by atoms with van der Waals surface area (Å²) in [6.45, 7) is 7.13. The third kappa shape index (κ3) is 3.20. The lowest BCUT2D eigenvalue weighted by Gasteiger charge is -2.16. The molecule has 0 saturated carbocycles. The molecule has 0 aliphatic heterocycles. The fraction of sp³-hybridized carbons (Fsp3) is 0.538. The van der Waals surface area contributed by atoms with Crippen molar-refractivity contribution in [2.75, 3.05) is 20.1 Å². The molecule has 98 valence electrons. The van der Waals surface area contributed by atoms with Crippen LogP contribution >= 0.6 is 0 Å². The molecule has 0 unspecified atom stereocenters. The molecule has 0 saturated heterocycles. The molecule has 1 N–H and O–H groups in total. The minimum Gasteiger partial charge on any atom is -0.304 e. The summed E-state index contributed by atoms with van der Waals surface area (Å²) in [5, 5.41) is 11.5. The van der Waals surface area contributed by atoms with Crippen molar-refractivity contribution in [1.82, 2.24) is 24.9 Å². The minimum absolute atomic E-state index is 0.937. The van der Waals surface area contributed by atoms with Crippen LogP contribution < -0.4 is 0 Å². The maximum absolute atomic E-state index is 4.22. The topological polar surface area (TPSA) is 49.7 Å². The Morgan fingerprint density at radius 1 is 1.33 bits per heavy atom. The SMILES string of the molecule is Cc1n[nH]c(C)c1CCN(C)CCn1cccn1. The van der Waals surface area contributed by atoms with E-state index < -0.39 is 0 Å². The predicted octanol–water partition coefficient (Wildman–Crippen LogP) is 1.40. The monoisotopic (exact) mass is 247 g/mol. The maximum atomic E-state index is 4.22. The van der Waals surface area contributed by atoms with Crippen LogP contribution in [0.25, 0.3) is 0 Å². The highest BCUT2D eigenvalue weighted by Gasteiger charge is 2.07. The van der Waals surface area contributed by atoms with Crippen molar-refractivity contribution in [2.45, 2.75) is 26.8 Å². The van der Waals surface area contributed by atoms with E-state index in [1.54, 1.807) is 0 Å². The number of H-pyrrole nitrogens is 1. The molecule has 0 aliphatic rings. The average molecular weight is 247 g/mol. The summed E-state index contributed by atoms with van der Waals surface area (Å²) in [6, 6.07) is 1.96. The molecule has 2 aromatic rings. The number of aromatic amines is 1. The van der Waals surface area contributed by atoms with Crippen molar-refractivity contribution in [2.24, 2.45) is 0 Å². The second-order valence-corrected chi connectivity index (χ2v) is 4.73. The van der Waals surface area contributed by atoms with Gasteiger partial charge in [0, 0.05) is 31.2 Å². The highest BCUT2D eigenvalue weighted by atomic mass is 15.3. The van der Waals surface area contributed by atoms with Gasteiger partial charge < -0.3 is 4.90 Å². The van der Waals surface area contributed by atoms with Crippen molar-refractivity contribution >= 4 is 0 Å². The van der Waals surface area contributed by atoms with Crippen molar-refractivity contribution in [1.29, 1.82) is 0 Å². The summed E-state index contributed by atoms with van der Waals surface area (Å²) in [7, 11) is 2.15. The van der Waals surface area contributed by atoms with Gasteiger partial charge in [-0.2, -0.15) is 10.2 Å². The predicted molar refractivity (Wildman–Crippen MR) is 71.5 cm³/mol. The summed E-state index contributed by atoms with van der Waals surface area (Å²) in [6.07, 6.45) is 4.86. The first kappa shape index (κ1) is 12.8. The Hall–Kier alpha value is -1.62. The van der Waals surface area contributed by atoms with Gasteiger partial charge in [0.25, 0.3) is 0 Å². The van der Waals surface area contributed by atoms with Crippen LogP contribution in [0.15, 0.2) is 18.5 Å². The second kappa shape index (κ2) is 5.82. The van der Waals surface area contributed by atoms with Gasteiger partial charge in [-0.15, -0.1) is 0 Å². The number of hydrogen-bond acceptors (Lipinski definition) is 3. The van der Waals surface area contributed by atoms with Gasteiger partial charge in [-0.3, -0.25) is 9.78 Å². The van der Waals surface area contributed by atoms with Gasteiger partial charge in [-0.05, 0) is 38.9 Å². The van der Waals surface area contributed by atoms with Crippen LogP contribution in [-0.2, 0) is 13.0 Å². The van der Waals surface area contributed by atoms with Crippen LogP contribution in [0.1, 0.15) is 17.0 Å². The maximum Gasteiger partial charge on any atom is 0.0626 e. The summed E-state index contributed by atoms with van der Waals surface area (Å²) in [4.78, 5) is 2.33. The van der Waals surface area contributed by atoms with Crippen molar-refractivity contribution < 1.29 is 0 Å². The molecule has 2 heterocycles. The highest BCUT2D eigenvalue weighted by molar-refractivity contribution is 5.23. The van der Waals surface area contributed by atoms with Crippen LogP contribution in [0, 0.1) is 13.8 Å². The Balaban J connectivity index is 1.76. The minimum atomic E-state index is 0.937. The Morgan fingerprint density at radius 3 is 2.78 bits per heavy atom. The van der Waals surface area contributed by atoms with Crippen molar-refractivity contribution in [3.63, 3.8) is 0 Å². The molecule has 0 aromatic carbocycles. The van der Waals surface area contributed by atoms with E-state index >= 15 is 0 Å². The first-order valence-electron chi connectivity index (χ1n) is 6.33.